The Morgan fingerprint density at radius 3 is 2.45 bits per heavy atom. The summed E-state index contributed by atoms with van der Waals surface area (Å²) < 4.78 is 0. The molecule has 0 radical (unpaired) electrons. The Kier molecular flexibility index (Phi) is 6.87. The number of hydrogen-bond donors (Lipinski definition) is 2. The predicted octanol–water partition coefficient (Wildman–Crippen LogP) is 3.22. The van der Waals surface area contributed by atoms with Gasteiger partial charge in [-0.15, -0.1) is 0 Å². The van der Waals surface area contributed by atoms with E-state index in [1.165, 1.54) is 5.69 Å². The van der Waals surface area contributed by atoms with Crippen molar-refractivity contribution in [3.8, 4) is 0 Å². The lowest BCUT2D eigenvalue weighted by molar-refractivity contribution is -0.117. The number of carbonyl (C=O) groups is 2. The van der Waals surface area contributed by atoms with Crippen LogP contribution in [0.25, 0.3) is 0 Å². The maximum absolute atomic E-state index is 12.5. The van der Waals surface area contributed by atoms with Gasteiger partial charge in [0.15, 0.2) is 0 Å². The van der Waals surface area contributed by atoms with Crippen LogP contribution in [0.2, 0.25) is 0 Å². The zero-order valence-electron chi connectivity index (χ0n) is 18.2. The Labute approximate surface area is 184 Å². The second-order valence-corrected chi connectivity index (χ2v) is 8.66. The van der Waals surface area contributed by atoms with Crippen LogP contribution < -0.4 is 15.5 Å². The number of piperazine rings is 1. The molecule has 2 unspecified atom stereocenters. The van der Waals surface area contributed by atoms with Gasteiger partial charge in [0, 0.05) is 55.6 Å². The van der Waals surface area contributed by atoms with E-state index in [0.29, 0.717) is 23.7 Å². The first kappa shape index (κ1) is 21.4. The van der Waals surface area contributed by atoms with Crippen molar-refractivity contribution < 1.29 is 9.59 Å². The minimum Gasteiger partial charge on any atom is -0.369 e. The Balaban J connectivity index is 1.15. The van der Waals surface area contributed by atoms with Crippen LogP contribution in [0.4, 0.5) is 11.4 Å². The van der Waals surface area contributed by atoms with Gasteiger partial charge in [-0.25, -0.2) is 0 Å². The number of nitrogens with zero attached hydrogens (tertiary/aromatic N) is 2. The topological polar surface area (TPSA) is 64.7 Å². The lowest BCUT2D eigenvalue weighted by Gasteiger charge is -2.36. The van der Waals surface area contributed by atoms with Crippen LogP contribution in [0.5, 0.6) is 0 Å². The molecule has 6 nitrogen and oxygen atoms in total. The number of benzene rings is 2. The van der Waals surface area contributed by atoms with Crippen LogP contribution >= 0.6 is 0 Å². The minimum absolute atomic E-state index is 0.0532. The van der Waals surface area contributed by atoms with Gasteiger partial charge in [-0.2, -0.15) is 0 Å². The summed E-state index contributed by atoms with van der Waals surface area (Å²) in [6.45, 7) is 7.88. The van der Waals surface area contributed by atoms with E-state index in [9.17, 15) is 9.59 Å². The highest BCUT2D eigenvalue weighted by molar-refractivity contribution is 5.98. The van der Waals surface area contributed by atoms with Crippen LogP contribution in [-0.2, 0) is 4.79 Å². The Morgan fingerprint density at radius 2 is 1.74 bits per heavy atom. The van der Waals surface area contributed by atoms with Gasteiger partial charge in [0.2, 0.25) is 5.91 Å². The molecule has 0 spiro atoms. The van der Waals surface area contributed by atoms with Crippen molar-refractivity contribution >= 4 is 23.2 Å². The molecule has 1 saturated carbocycles. The van der Waals surface area contributed by atoms with Crippen molar-refractivity contribution in [2.45, 2.75) is 19.8 Å². The molecule has 2 aromatic carbocycles. The number of anilines is 2. The maximum atomic E-state index is 12.5. The van der Waals surface area contributed by atoms with Gasteiger partial charge in [-0.3, -0.25) is 14.5 Å². The molecule has 2 N–H and O–H groups in total. The normalized spacial score (nSPS) is 20.9. The first-order valence-electron chi connectivity index (χ1n) is 11.3. The summed E-state index contributed by atoms with van der Waals surface area (Å²) in [6, 6.07) is 17.7. The number of hydrogen-bond acceptors (Lipinski definition) is 4. The molecule has 0 bridgehead atoms. The molecule has 0 aromatic heterocycles. The van der Waals surface area contributed by atoms with Gasteiger partial charge >= 0.3 is 0 Å². The maximum Gasteiger partial charge on any atom is 0.251 e. The van der Waals surface area contributed by atoms with Crippen molar-refractivity contribution in [3.05, 3.63) is 60.2 Å². The summed E-state index contributed by atoms with van der Waals surface area (Å²) in [5.74, 6) is 0.544. The lowest BCUT2D eigenvalue weighted by Crippen LogP contribution is -2.47. The molecule has 6 heteroatoms. The van der Waals surface area contributed by atoms with Gasteiger partial charge in [0.1, 0.15) is 0 Å². The largest absolute Gasteiger partial charge is 0.369 e. The quantitative estimate of drug-likeness (QED) is 0.644. The molecule has 1 heterocycles. The van der Waals surface area contributed by atoms with Crippen LogP contribution in [-0.4, -0.2) is 56.0 Å². The molecular formula is C25H32N4O2. The highest BCUT2D eigenvalue weighted by Crippen LogP contribution is 2.38. The van der Waals surface area contributed by atoms with Gasteiger partial charge in [0.05, 0.1) is 0 Å². The third kappa shape index (κ3) is 5.85. The average Bonchev–Trinajstić information content (AvgIpc) is 3.54. The van der Waals surface area contributed by atoms with Crippen molar-refractivity contribution in [2.24, 2.45) is 11.8 Å². The van der Waals surface area contributed by atoms with E-state index in [-0.39, 0.29) is 17.7 Å². The smallest absolute Gasteiger partial charge is 0.251 e. The SMILES string of the molecule is CC1CC1C(=O)Nc1cccc(C(=O)NCCCN2CCN(c3ccccc3)CC2)c1. The summed E-state index contributed by atoms with van der Waals surface area (Å²) in [5, 5.41) is 5.93. The third-order valence-electron chi connectivity index (χ3n) is 6.27. The Bertz CT molecular complexity index is 893. The molecule has 4 rings (SSSR count). The number of nitrogens with one attached hydrogen (secondary N) is 2. The number of para-hydroxylation sites is 1. The second kappa shape index (κ2) is 9.96. The van der Waals surface area contributed by atoms with Crippen molar-refractivity contribution in [3.63, 3.8) is 0 Å². The van der Waals surface area contributed by atoms with E-state index in [2.05, 4.69) is 57.7 Å². The Hall–Kier alpha value is -2.86. The highest BCUT2D eigenvalue weighted by atomic mass is 16.2. The standard InChI is InChI=1S/C25H32N4O2/c1-19-17-23(19)25(31)27-21-8-5-7-20(18-21)24(30)26-11-6-12-28-13-15-29(16-14-28)22-9-3-2-4-10-22/h2-5,7-10,18-19,23H,6,11-17H2,1H3,(H,26,30)(H,27,31). The molecule has 2 atom stereocenters. The van der Waals surface area contributed by atoms with Gasteiger partial charge < -0.3 is 15.5 Å². The summed E-state index contributed by atoms with van der Waals surface area (Å²) in [6.07, 6.45) is 1.88. The van der Waals surface area contributed by atoms with E-state index < -0.39 is 0 Å². The molecule has 1 aliphatic heterocycles. The van der Waals surface area contributed by atoms with Crippen LogP contribution in [0.15, 0.2) is 54.6 Å². The zero-order chi connectivity index (χ0) is 21.6. The summed E-state index contributed by atoms with van der Waals surface area (Å²) in [7, 11) is 0. The van der Waals surface area contributed by atoms with Crippen molar-refractivity contribution in [1.82, 2.24) is 10.2 Å². The van der Waals surface area contributed by atoms with Gasteiger partial charge in [-0.05, 0) is 55.6 Å². The second-order valence-electron chi connectivity index (χ2n) is 8.66. The fourth-order valence-electron chi connectivity index (χ4n) is 4.14. The molecule has 1 saturated heterocycles. The predicted molar refractivity (Wildman–Crippen MR) is 124 cm³/mol. The average molecular weight is 421 g/mol. The molecular weight excluding hydrogens is 388 g/mol. The van der Waals surface area contributed by atoms with Crippen LogP contribution in [0, 0.1) is 11.8 Å². The lowest BCUT2D eigenvalue weighted by atomic mass is 10.1. The fraction of sp³-hybridized carbons (Fsp3) is 0.440. The van der Waals surface area contributed by atoms with E-state index >= 15 is 0 Å². The van der Waals surface area contributed by atoms with E-state index in [0.717, 1.165) is 45.6 Å². The fourth-order valence-corrected chi connectivity index (χ4v) is 4.14. The van der Waals surface area contributed by atoms with Gasteiger partial charge in [-0.1, -0.05) is 31.2 Å². The number of carbonyl (C=O) groups excluding carboxylic acids is 2. The summed E-state index contributed by atoms with van der Waals surface area (Å²) >= 11 is 0. The number of amides is 2. The molecule has 2 amide bonds. The van der Waals surface area contributed by atoms with Crippen molar-refractivity contribution in [2.75, 3.05) is 49.5 Å². The van der Waals surface area contributed by atoms with Crippen LogP contribution in [0.3, 0.4) is 0 Å². The summed E-state index contributed by atoms with van der Waals surface area (Å²) in [5.41, 5.74) is 2.56. The third-order valence-corrected chi connectivity index (χ3v) is 6.27. The van der Waals surface area contributed by atoms with E-state index in [1.807, 2.05) is 12.1 Å². The number of rotatable bonds is 8. The molecule has 2 fully saturated rings. The molecule has 2 aliphatic rings. The minimum atomic E-state index is -0.0928. The monoisotopic (exact) mass is 420 g/mol. The van der Waals surface area contributed by atoms with Crippen LogP contribution in [0.1, 0.15) is 30.1 Å². The van der Waals surface area contributed by atoms with Crippen molar-refractivity contribution in [1.29, 1.82) is 0 Å². The zero-order valence-corrected chi connectivity index (χ0v) is 18.2. The highest BCUT2D eigenvalue weighted by Gasteiger charge is 2.39. The Morgan fingerprint density at radius 1 is 1.00 bits per heavy atom. The summed E-state index contributed by atoms with van der Waals surface area (Å²) in [4.78, 5) is 29.5. The van der Waals surface area contributed by atoms with E-state index in [4.69, 9.17) is 0 Å². The van der Waals surface area contributed by atoms with E-state index in [1.54, 1.807) is 12.1 Å². The first-order valence-corrected chi connectivity index (χ1v) is 11.3. The molecule has 2 aromatic rings. The molecule has 31 heavy (non-hydrogen) atoms. The van der Waals surface area contributed by atoms with Gasteiger partial charge in [0.25, 0.3) is 5.91 Å². The molecule has 164 valence electrons. The first-order chi connectivity index (χ1) is 15.1. The molecule has 1 aliphatic carbocycles.